The third-order valence-electron chi connectivity index (χ3n) is 5.56. The summed E-state index contributed by atoms with van der Waals surface area (Å²) < 4.78 is 13.6. The molecule has 0 fully saturated rings. The molecule has 1 aromatic heterocycles. The Morgan fingerprint density at radius 3 is 2.16 bits per heavy atom. The van der Waals surface area contributed by atoms with Crippen LogP contribution in [0.5, 0.6) is 0 Å². The summed E-state index contributed by atoms with van der Waals surface area (Å²) in [6.45, 7) is 15.2. The van der Waals surface area contributed by atoms with Gasteiger partial charge < -0.3 is 16.2 Å². The van der Waals surface area contributed by atoms with Gasteiger partial charge in [-0.25, -0.2) is 9.48 Å². The van der Waals surface area contributed by atoms with Gasteiger partial charge in [-0.3, -0.25) is 9.00 Å². The number of rotatable bonds is 5. The van der Waals surface area contributed by atoms with E-state index in [4.69, 9.17) is 10.8 Å². The number of nitrogens with one attached hydrogen (secondary N) is 1. The van der Waals surface area contributed by atoms with Gasteiger partial charge in [-0.15, -0.1) is 0 Å². The van der Waals surface area contributed by atoms with Crippen LogP contribution in [-0.4, -0.2) is 43.8 Å². The Balaban J connectivity index is 0.000000717. The van der Waals surface area contributed by atoms with Gasteiger partial charge >= 0.3 is 5.97 Å². The van der Waals surface area contributed by atoms with E-state index in [2.05, 4.69) is 52.0 Å². The van der Waals surface area contributed by atoms with Crippen LogP contribution in [0.2, 0.25) is 0 Å². The van der Waals surface area contributed by atoms with Crippen molar-refractivity contribution in [2.45, 2.75) is 58.8 Å². The Hall–Kier alpha value is -3.30. The van der Waals surface area contributed by atoms with Gasteiger partial charge in [0.2, 0.25) is 0 Å². The highest BCUT2D eigenvalue weighted by atomic mass is 32.2. The second-order valence-electron chi connectivity index (χ2n) is 11.1. The maximum atomic E-state index is 13.0. The number of carboxylic acids is 1. The van der Waals surface area contributed by atoms with Gasteiger partial charge in [0.25, 0.3) is 5.91 Å². The monoisotopic (exact) mass is 526 g/mol. The zero-order valence-electron chi connectivity index (χ0n) is 22.9. The second kappa shape index (κ2) is 11.8. The molecule has 1 heterocycles. The number of aromatic nitrogens is 2. The minimum atomic E-state index is -1.27. The Morgan fingerprint density at radius 2 is 1.68 bits per heavy atom. The Labute approximate surface area is 221 Å². The number of nitrogens with two attached hydrogens (primary N) is 1. The number of carboxylic acid groups (broad SMARTS) is 1. The standard InChI is InChI=1S/C23H25N3O4S.C5H13N/c1-14-6-7-15(10-19(14)26-13-16(12-24-26)22(28)29)21(27)25-18-11-17(23(2,3)4)8-9-20(18)31(5)30;1-5(2,3)4-6/h6-13H,1-5H3,(H,25,27)(H,28,29);4,6H2,1-3H3/t31-;/m0./s1. The number of nitrogens with zero attached hydrogens (tertiary/aromatic N) is 2. The number of carbonyl (C=O) groups excluding carboxylic acids is 1. The molecule has 8 nitrogen and oxygen atoms in total. The SMILES string of the molecule is CC(C)(C)CN.Cc1ccc(C(=O)Nc2cc(C(C)(C)C)ccc2[S@](C)=O)cc1-n1cc(C(=O)O)cn1. The molecule has 0 aliphatic rings. The van der Waals surface area contributed by atoms with Crippen LogP contribution < -0.4 is 11.1 Å². The molecule has 0 bridgehead atoms. The topological polar surface area (TPSA) is 127 Å². The van der Waals surface area contributed by atoms with E-state index < -0.39 is 16.8 Å². The largest absolute Gasteiger partial charge is 0.478 e. The van der Waals surface area contributed by atoms with Crippen molar-refractivity contribution in [2.75, 3.05) is 18.1 Å². The van der Waals surface area contributed by atoms with Crippen molar-refractivity contribution in [1.29, 1.82) is 0 Å². The molecule has 0 unspecified atom stereocenters. The number of hydrogen-bond acceptors (Lipinski definition) is 5. The molecule has 2 aromatic carbocycles. The van der Waals surface area contributed by atoms with Crippen LogP contribution in [0.25, 0.3) is 5.69 Å². The molecule has 0 aliphatic heterocycles. The lowest BCUT2D eigenvalue weighted by Crippen LogP contribution is -2.18. The maximum absolute atomic E-state index is 13.0. The molecule has 3 rings (SSSR count). The number of amides is 1. The number of carbonyl (C=O) groups is 2. The number of anilines is 1. The molecule has 1 amide bonds. The first-order valence-corrected chi connectivity index (χ1v) is 13.5. The quantitative estimate of drug-likeness (QED) is 0.422. The van der Waals surface area contributed by atoms with Crippen molar-refractivity contribution < 1.29 is 18.9 Å². The summed E-state index contributed by atoms with van der Waals surface area (Å²) >= 11 is 0. The molecule has 200 valence electrons. The number of hydrogen-bond donors (Lipinski definition) is 3. The average molecular weight is 527 g/mol. The van der Waals surface area contributed by atoms with Gasteiger partial charge in [-0.05, 0) is 59.7 Å². The van der Waals surface area contributed by atoms with E-state index in [1.165, 1.54) is 17.1 Å². The highest BCUT2D eigenvalue weighted by Gasteiger charge is 2.19. The van der Waals surface area contributed by atoms with Crippen LogP contribution in [-0.2, 0) is 16.2 Å². The zero-order valence-corrected chi connectivity index (χ0v) is 23.7. The van der Waals surface area contributed by atoms with Gasteiger partial charge in [0.15, 0.2) is 0 Å². The summed E-state index contributed by atoms with van der Waals surface area (Å²) in [6.07, 6.45) is 4.23. The number of aryl methyl sites for hydroxylation is 1. The molecule has 0 radical (unpaired) electrons. The number of aromatic carboxylic acids is 1. The molecular formula is C28H38N4O4S. The van der Waals surface area contributed by atoms with Gasteiger partial charge in [0, 0.05) is 18.0 Å². The minimum Gasteiger partial charge on any atom is -0.478 e. The summed E-state index contributed by atoms with van der Waals surface area (Å²) in [5.74, 6) is -1.43. The van der Waals surface area contributed by atoms with Crippen molar-refractivity contribution in [3.05, 3.63) is 71.0 Å². The Kier molecular flexibility index (Phi) is 9.57. The Bertz CT molecular complexity index is 1300. The molecule has 0 aliphatic carbocycles. The van der Waals surface area contributed by atoms with Gasteiger partial charge in [0.1, 0.15) is 0 Å². The van der Waals surface area contributed by atoms with Gasteiger partial charge in [0.05, 0.1) is 38.8 Å². The molecular weight excluding hydrogens is 488 g/mol. The molecule has 1 atom stereocenters. The molecule has 37 heavy (non-hydrogen) atoms. The summed E-state index contributed by atoms with van der Waals surface area (Å²) in [5, 5.41) is 16.1. The highest BCUT2D eigenvalue weighted by molar-refractivity contribution is 7.84. The van der Waals surface area contributed by atoms with Crippen molar-refractivity contribution >= 4 is 28.4 Å². The zero-order chi connectivity index (χ0) is 28.1. The molecule has 9 heteroatoms. The predicted octanol–water partition coefficient (Wildman–Crippen LogP) is 5.16. The van der Waals surface area contributed by atoms with E-state index in [-0.39, 0.29) is 16.9 Å². The first-order valence-electron chi connectivity index (χ1n) is 11.9. The molecule has 0 saturated carbocycles. The van der Waals surface area contributed by atoms with Crippen molar-refractivity contribution in [3.63, 3.8) is 0 Å². The third-order valence-corrected chi connectivity index (χ3v) is 6.54. The first kappa shape index (κ1) is 29.9. The van der Waals surface area contributed by atoms with E-state index in [9.17, 15) is 13.8 Å². The maximum Gasteiger partial charge on any atom is 0.338 e. The lowest BCUT2D eigenvalue weighted by Gasteiger charge is -2.21. The smallest absolute Gasteiger partial charge is 0.338 e. The predicted molar refractivity (Wildman–Crippen MR) is 149 cm³/mol. The molecule has 3 aromatic rings. The molecule has 0 spiro atoms. The van der Waals surface area contributed by atoms with Gasteiger partial charge in [-0.1, -0.05) is 53.7 Å². The van der Waals surface area contributed by atoms with Crippen LogP contribution in [0.3, 0.4) is 0 Å². The first-order chi connectivity index (χ1) is 17.0. The average Bonchev–Trinajstić information content (AvgIpc) is 3.29. The summed E-state index contributed by atoms with van der Waals surface area (Å²) in [6, 6.07) is 10.7. The van der Waals surface area contributed by atoms with Crippen molar-refractivity contribution in [2.24, 2.45) is 11.1 Å². The lowest BCUT2D eigenvalue weighted by atomic mass is 9.87. The van der Waals surface area contributed by atoms with E-state index in [1.807, 2.05) is 19.1 Å². The van der Waals surface area contributed by atoms with Crippen molar-refractivity contribution in [3.8, 4) is 5.69 Å². The second-order valence-corrected chi connectivity index (χ2v) is 12.5. The van der Waals surface area contributed by atoms with E-state index in [0.717, 1.165) is 17.7 Å². The van der Waals surface area contributed by atoms with E-state index >= 15 is 0 Å². The number of benzene rings is 2. The normalized spacial score (nSPS) is 12.4. The van der Waals surface area contributed by atoms with Crippen LogP contribution in [0.1, 0.15) is 73.4 Å². The summed E-state index contributed by atoms with van der Waals surface area (Å²) in [5.41, 5.74) is 8.88. The minimum absolute atomic E-state index is 0.0586. The van der Waals surface area contributed by atoms with Crippen LogP contribution in [0.4, 0.5) is 5.69 Å². The van der Waals surface area contributed by atoms with E-state index in [1.54, 1.807) is 30.5 Å². The highest BCUT2D eigenvalue weighted by Crippen LogP contribution is 2.29. The van der Waals surface area contributed by atoms with Gasteiger partial charge in [-0.2, -0.15) is 5.10 Å². The van der Waals surface area contributed by atoms with Crippen LogP contribution >= 0.6 is 0 Å². The molecule has 4 N–H and O–H groups in total. The fourth-order valence-corrected chi connectivity index (χ4v) is 3.78. The third kappa shape index (κ3) is 8.36. The fraction of sp³-hybridized carbons (Fsp3) is 0.393. The summed E-state index contributed by atoms with van der Waals surface area (Å²) in [7, 11) is -1.27. The van der Waals surface area contributed by atoms with Crippen molar-refractivity contribution in [1.82, 2.24) is 9.78 Å². The summed E-state index contributed by atoms with van der Waals surface area (Å²) in [4.78, 5) is 24.7. The van der Waals surface area contributed by atoms with E-state index in [0.29, 0.717) is 27.2 Å². The fourth-order valence-electron chi connectivity index (χ4n) is 3.10. The lowest BCUT2D eigenvalue weighted by molar-refractivity contribution is 0.0696. The van der Waals surface area contributed by atoms with Crippen LogP contribution in [0, 0.1) is 12.3 Å². The Morgan fingerprint density at radius 1 is 1.05 bits per heavy atom. The van der Waals surface area contributed by atoms with Crippen LogP contribution in [0.15, 0.2) is 53.7 Å². The molecule has 0 saturated heterocycles.